The van der Waals surface area contributed by atoms with E-state index in [2.05, 4.69) is 4.28 Å². The van der Waals surface area contributed by atoms with E-state index in [0.717, 1.165) is 5.56 Å². The predicted molar refractivity (Wildman–Crippen MR) is 65.6 cm³/mol. The van der Waals surface area contributed by atoms with Gasteiger partial charge in [0.1, 0.15) is 6.04 Å². The number of hydrogen-bond acceptors (Lipinski definition) is 5. The molecule has 2 atom stereocenters. The Bertz CT molecular complexity index is 661. The van der Waals surface area contributed by atoms with Crippen LogP contribution in [0.4, 0.5) is 4.79 Å². The molecule has 0 radical (unpaired) electrons. The molecule has 2 heterocycles. The highest BCUT2D eigenvalue weighted by Crippen LogP contribution is 2.43. The molecule has 2 aliphatic heterocycles. The summed E-state index contributed by atoms with van der Waals surface area (Å²) in [5, 5.41) is 10.1. The molecule has 3 rings (SSSR count). The predicted octanol–water partition coefficient (Wildman–Crippen LogP) is 0.247. The van der Waals surface area contributed by atoms with Crippen LogP contribution in [0.5, 0.6) is 0 Å². The van der Waals surface area contributed by atoms with Crippen LogP contribution in [0, 0.1) is 0 Å². The molecule has 0 aromatic heterocycles. The maximum atomic E-state index is 12.1. The first-order chi connectivity index (χ1) is 9.42. The number of carbonyl (C=O) groups is 1. The number of aliphatic hydroxyl groups excluding tert-OH is 1. The average molecular weight is 300 g/mol. The van der Waals surface area contributed by atoms with Crippen LogP contribution in [0.25, 0.3) is 0 Å². The molecule has 1 aromatic carbocycles. The Balaban J connectivity index is 2.07. The van der Waals surface area contributed by atoms with Crippen molar-refractivity contribution in [1.82, 2.24) is 9.96 Å². The molecule has 2 N–H and O–H groups in total. The van der Waals surface area contributed by atoms with Gasteiger partial charge >= 0.3 is 16.4 Å². The molecular weight excluding hydrogens is 288 g/mol. The number of urea groups is 1. The minimum Gasteiger partial charge on any atom is -0.394 e. The third kappa shape index (κ3) is 1.95. The van der Waals surface area contributed by atoms with Crippen LogP contribution in [0.3, 0.4) is 0 Å². The first kappa shape index (κ1) is 13.3. The summed E-state index contributed by atoms with van der Waals surface area (Å²) in [5.41, 5.74) is 1.43. The summed E-state index contributed by atoms with van der Waals surface area (Å²) in [6.07, 6.45) is 0. The smallest absolute Gasteiger partial charge is 0.394 e. The number of carbonyl (C=O) groups excluding carboxylic acids is 1. The average Bonchev–Trinajstić information content (AvgIpc) is 2.65. The summed E-state index contributed by atoms with van der Waals surface area (Å²) in [6.45, 7) is -0.0915. The molecule has 2 amide bonds. The van der Waals surface area contributed by atoms with E-state index in [4.69, 9.17) is 4.55 Å². The fraction of sp³-hybridized carbons (Fsp3) is 0.364. The number of aliphatic hydroxyl groups is 1. The lowest BCUT2D eigenvalue weighted by molar-refractivity contribution is -0.0317. The molecule has 20 heavy (non-hydrogen) atoms. The minimum atomic E-state index is -4.79. The van der Waals surface area contributed by atoms with Crippen molar-refractivity contribution in [1.29, 1.82) is 0 Å². The number of amides is 2. The van der Waals surface area contributed by atoms with Gasteiger partial charge in [-0.3, -0.25) is 4.55 Å². The van der Waals surface area contributed by atoms with Crippen LogP contribution in [-0.2, 0) is 14.7 Å². The van der Waals surface area contributed by atoms with Crippen molar-refractivity contribution in [2.75, 3.05) is 13.2 Å². The Morgan fingerprint density at radius 1 is 1.30 bits per heavy atom. The summed E-state index contributed by atoms with van der Waals surface area (Å²) >= 11 is 0. The Morgan fingerprint density at radius 2 is 1.95 bits per heavy atom. The monoisotopic (exact) mass is 300 g/mol. The zero-order valence-corrected chi connectivity index (χ0v) is 11.0. The Morgan fingerprint density at radius 3 is 2.55 bits per heavy atom. The number of rotatable bonds is 3. The van der Waals surface area contributed by atoms with Crippen LogP contribution >= 0.6 is 0 Å². The lowest BCUT2D eigenvalue weighted by Gasteiger charge is -2.31. The molecule has 2 bridgehead atoms. The molecule has 2 aliphatic rings. The van der Waals surface area contributed by atoms with Gasteiger partial charge in [-0.2, -0.15) is 13.5 Å². The normalized spacial score (nSPS) is 25.0. The third-order valence-electron chi connectivity index (χ3n) is 3.52. The quantitative estimate of drug-likeness (QED) is 0.775. The van der Waals surface area contributed by atoms with E-state index < -0.39 is 28.5 Å². The number of hydrogen-bond donors (Lipinski definition) is 2. The van der Waals surface area contributed by atoms with Gasteiger partial charge in [-0.25, -0.2) is 4.79 Å². The van der Waals surface area contributed by atoms with Crippen molar-refractivity contribution >= 4 is 16.4 Å². The molecule has 0 saturated carbocycles. The molecular formula is C11H12N2O6S. The second kappa shape index (κ2) is 4.42. The van der Waals surface area contributed by atoms with Gasteiger partial charge < -0.3 is 10.0 Å². The number of benzene rings is 1. The summed E-state index contributed by atoms with van der Waals surface area (Å²) in [6, 6.07) is 5.12. The van der Waals surface area contributed by atoms with E-state index in [9.17, 15) is 18.3 Å². The first-order valence-corrected chi connectivity index (χ1v) is 7.25. The summed E-state index contributed by atoms with van der Waals surface area (Å²) in [4.78, 5) is 13.5. The highest BCUT2D eigenvalue weighted by molar-refractivity contribution is 7.80. The van der Waals surface area contributed by atoms with Gasteiger partial charge in [0.2, 0.25) is 0 Å². The van der Waals surface area contributed by atoms with E-state index >= 15 is 0 Å². The Labute approximate surface area is 115 Å². The van der Waals surface area contributed by atoms with Gasteiger partial charge in [0.05, 0.1) is 19.2 Å². The summed E-state index contributed by atoms with van der Waals surface area (Å²) in [5.74, 6) is 0. The van der Waals surface area contributed by atoms with Gasteiger partial charge in [-0.1, -0.05) is 24.3 Å². The minimum absolute atomic E-state index is 0.191. The van der Waals surface area contributed by atoms with Crippen LogP contribution < -0.4 is 0 Å². The maximum absolute atomic E-state index is 12.1. The zero-order chi connectivity index (χ0) is 14.5. The largest absolute Gasteiger partial charge is 0.418 e. The van der Waals surface area contributed by atoms with Crippen LogP contribution in [-0.4, -0.2) is 47.2 Å². The zero-order valence-electron chi connectivity index (χ0n) is 10.2. The van der Waals surface area contributed by atoms with Crippen molar-refractivity contribution in [3.63, 3.8) is 0 Å². The lowest BCUT2D eigenvalue weighted by Crippen LogP contribution is -2.36. The van der Waals surface area contributed by atoms with Gasteiger partial charge in [-0.05, 0) is 11.1 Å². The standard InChI is InChI=1S/C11H12N2O6S/c14-6-10-8-4-2-1-3-7(8)9-5-12(10)11(15)13(9)19-20(16,17)18/h1-4,9-10,14H,5-6H2,(H,16,17,18). The molecule has 9 heteroatoms. The molecule has 8 nitrogen and oxygen atoms in total. The van der Waals surface area contributed by atoms with Gasteiger partial charge in [0.15, 0.2) is 0 Å². The molecule has 0 spiro atoms. The van der Waals surface area contributed by atoms with Crippen LogP contribution in [0.2, 0.25) is 0 Å². The van der Waals surface area contributed by atoms with Crippen molar-refractivity contribution in [2.45, 2.75) is 12.1 Å². The highest BCUT2D eigenvalue weighted by Gasteiger charge is 2.49. The van der Waals surface area contributed by atoms with E-state index in [1.54, 1.807) is 24.3 Å². The third-order valence-corrected chi connectivity index (χ3v) is 3.87. The number of fused-ring (bicyclic) bond motifs is 4. The summed E-state index contributed by atoms with van der Waals surface area (Å²) in [7, 11) is -4.79. The molecule has 108 valence electrons. The van der Waals surface area contributed by atoms with Crippen molar-refractivity contribution in [3.8, 4) is 0 Å². The topological polar surface area (TPSA) is 107 Å². The van der Waals surface area contributed by atoms with Crippen LogP contribution in [0.15, 0.2) is 24.3 Å². The fourth-order valence-corrected chi connectivity index (χ4v) is 3.12. The number of hydroxylamine groups is 2. The van der Waals surface area contributed by atoms with E-state index in [1.165, 1.54) is 4.90 Å². The molecule has 2 unspecified atom stereocenters. The maximum Gasteiger partial charge on any atom is 0.418 e. The van der Waals surface area contributed by atoms with Gasteiger partial charge in [0.25, 0.3) is 0 Å². The van der Waals surface area contributed by atoms with Crippen molar-refractivity contribution < 1.29 is 27.2 Å². The highest BCUT2D eigenvalue weighted by atomic mass is 32.3. The van der Waals surface area contributed by atoms with Crippen molar-refractivity contribution in [3.05, 3.63) is 35.4 Å². The molecule has 0 aliphatic carbocycles. The molecule has 1 fully saturated rings. The van der Waals surface area contributed by atoms with Gasteiger partial charge in [-0.15, -0.1) is 4.28 Å². The molecule has 1 aromatic rings. The van der Waals surface area contributed by atoms with E-state index in [0.29, 0.717) is 10.6 Å². The summed E-state index contributed by atoms with van der Waals surface area (Å²) < 4.78 is 34.8. The Hall–Kier alpha value is -1.68. The second-order valence-corrected chi connectivity index (χ2v) is 5.61. The molecule has 1 saturated heterocycles. The van der Waals surface area contributed by atoms with E-state index in [1.807, 2.05) is 0 Å². The first-order valence-electron chi connectivity index (χ1n) is 5.89. The fourth-order valence-electron chi connectivity index (χ4n) is 2.75. The van der Waals surface area contributed by atoms with Crippen molar-refractivity contribution in [2.24, 2.45) is 0 Å². The Kier molecular flexibility index (Phi) is 2.94. The number of nitrogens with zero attached hydrogens (tertiary/aromatic N) is 2. The van der Waals surface area contributed by atoms with Crippen LogP contribution in [0.1, 0.15) is 23.2 Å². The second-order valence-electron chi connectivity index (χ2n) is 4.61. The SMILES string of the molecule is O=C1N2CC(c3ccccc3C2CO)N1OS(=O)(=O)O. The van der Waals surface area contributed by atoms with E-state index in [-0.39, 0.29) is 13.2 Å². The van der Waals surface area contributed by atoms with Gasteiger partial charge in [0, 0.05) is 0 Å². The lowest BCUT2D eigenvalue weighted by atomic mass is 9.91.